The van der Waals surface area contributed by atoms with Crippen LogP contribution in [0.4, 0.5) is 0 Å². The van der Waals surface area contributed by atoms with E-state index in [1.54, 1.807) is 24.3 Å². The minimum atomic E-state index is -0.426. The van der Waals surface area contributed by atoms with Crippen molar-refractivity contribution in [3.05, 3.63) is 35.9 Å². The van der Waals surface area contributed by atoms with Crippen molar-refractivity contribution in [2.24, 2.45) is 0 Å². The fraction of sp³-hybridized carbons (Fsp3) is 0.333. The third-order valence-electron chi connectivity index (χ3n) is 2.58. The number of nitrogens with one attached hydrogen (secondary N) is 1. The predicted molar refractivity (Wildman–Crippen MR) is 72.0 cm³/mol. The number of amides is 1. The topological polar surface area (TPSA) is 46.2 Å². The van der Waals surface area contributed by atoms with Crippen molar-refractivity contribution < 1.29 is 9.59 Å². The monoisotopic (exact) mass is 267 g/mol. The van der Waals surface area contributed by atoms with Crippen LogP contribution in [0.25, 0.3) is 0 Å². The largest absolute Gasteiger partial charge is 0.340 e. The molecule has 1 fully saturated rings. The molecule has 0 aliphatic carbocycles. The van der Waals surface area contributed by atoms with E-state index in [1.807, 2.05) is 19.9 Å². The van der Waals surface area contributed by atoms with Crippen molar-refractivity contribution in [1.29, 1.82) is 0 Å². The van der Waals surface area contributed by atoms with Crippen LogP contribution in [0.15, 0.2) is 30.3 Å². The summed E-state index contributed by atoms with van der Waals surface area (Å²) in [4.78, 5) is 23.6. The van der Waals surface area contributed by atoms with Crippen LogP contribution < -0.4 is 5.32 Å². The Bertz CT molecular complexity index is 445. The van der Waals surface area contributed by atoms with Crippen LogP contribution in [0.1, 0.15) is 24.2 Å². The third-order valence-corrected chi connectivity index (χ3v) is 5.76. The highest BCUT2D eigenvalue weighted by Crippen LogP contribution is 2.47. The molecule has 1 unspecified atom stereocenters. The highest BCUT2D eigenvalue weighted by Gasteiger charge is 2.44. The summed E-state index contributed by atoms with van der Waals surface area (Å²) in [5.74, 6) is -0.194. The molecule has 17 heavy (non-hydrogen) atoms. The molecule has 90 valence electrons. The molecular weight excluding hydrogens is 254 g/mol. The van der Waals surface area contributed by atoms with E-state index in [2.05, 4.69) is 5.32 Å². The number of benzene rings is 1. The lowest BCUT2D eigenvalue weighted by atomic mass is 10.0. The fourth-order valence-electron chi connectivity index (χ4n) is 1.57. The van der Waals surface area contributed by atoms with Gasteiger partial charge in [-0.1, -0.05) is 29.0 Å². The average Bonchev–Trinajstić information content (AvgIpc) is 2.57. The van der Waals surface area contributed by atoms with Gasteiger partial charge in [0.1, 0.15) is 6.04 Å². The first-order chi connectivity index (χ1) is 8.00. The molecule has 0 aromatic heterocycles. The third kappa shape index (κ3) is 2.66. The molecule has 2 rings (SSSR count). The van der Waals surface area contributed by atoms with Gasteiger partial charge in [0.25, 0.3) is 5.91 Å². The molecule has 0 spiro atoms. The second kappa shape index (κ2) is 4.74. The van der Waals surface area contributed by atoms with E-state index in [0.717, 1.165) is 0 Å². The van der Waals surface area contributed by atoms with Crippen LogP contribution >= 0.6 is 21.6 Å². The van der Waals surface area contributed by atoms with Gasteiger partial charge in [-0.2, -0.15) is 0 Å². The molecule has 1 amide bonds. The van der Waals surface area contributed by atoms with Crippen molar-refractivity contribution in [2.75, 3.05) is 0 Å². The van der Waals surface area contributed by atoms with Crippen molar-refractivity contribution in [2.45, 2.75) is 24.6 Å². The Morgan fingerprint density at radius 3 is 2.47 bits per heavy atom. The average molecular weight is 267 g/mol. The minimum Gasteiger partial charge on any atom is -0.340 e. The normalized spacial score (nSPS) is 22.5. The molecule has 1 aromatic rings. The van der Waals surface area contributed by atoms with Gasteiger partial charge in [0.15, 0.2) is 0 Å². The lowest BCUT2D eigenvalue weighted by molar-refractivity contribution is -0.112. The van der Waals surface area contributed by atoms with Crippen molar-refractivity contribution in [3.63, 3.8) is 0 Å². The van der Waals surface area contributed by atoms with Crippen LogP contribution in [-0.2, 0) is 4.79 Å². The van der Waals surface area contributed by atoms with Gasteiger partial charge >= 0.3 is 0 Å². The molecule has 3 nitrogen and oxygen atoms in total. The van der Waals surface area contributed by atoms with E-state index in [0.29, 0.717) is 5.56 Å². The lowest BCUT2D eigenvalue weighted by Gasteiger charge is -2.23. The molecule has 0 bridgehead atoms. The van der Waals surface area contributed by atoms with Crippen LogP contribution in [-0.4, -0.2) is 21.8 Å². The maximum absolute atomic E-state index is 12.0. The molecule has 0 saturated carbocycles. The van der Waals surface area contributed by atoms with E-state index in [4.69, 9.17) is 0 Å². The van der Waals surface area contributed by atoms with Gasteiger partial charge in [0, 0.05) is 10.3 Å². The van der Waals surface area contributed by atoms with Crippen molar-refractivity contribution in [3.8, 4) is 0 Å². The second-order valence-corrected chi connectivity index (χ2v) is 7.15. The lowest BCUT2D eigenvalue weighted by Crippen LogP contribution is -2.48. The molecule has 1 saturated heterocycles. The Labute approximate surface area is 108 Å². The standard InChI is InChI=1S/C12H13NO2S2/c1-12(2)9(11(15)16-17-12)13-10(14)8-6-4-3-5-7-8/h3-7,9H,1-2H3,(H,13,14). The van der Waals surface area contributed by atoms with Crippen molar-refractivity contribution >= 4 is 32.6 Å². The zero-order valence-electron chi connectivity index (χ0n) is 9.60. The number of hydrogen-bond acceptors (Lipinski definition) is 4. The highest BCUT2D eigenvalue weighted by molar-refractivity contribution is 8.83. The number of hydrogen-bond donors (Lipinski definition) is 1. The minimum absolute atomic E-state index is 0.0179. The summed E-state index contributed by atoms with van der Waals surface area (Å²) in [6.45, 7) is 3.93. The molecule has 1 aliphatic heterocycles. The van der Waals surface area contributed by atoms with Gasteiger partial charge in [-0.25, -0.2) is 0 Å². The second-order valence-electron chi connectivity index (χ2n) is 4.36. The summed E-state index contributed by atoms with van der Waals surface area (Å²) in [7, 11) is 2.72. The Morgan fingerprint density at radius 2 is 1.94 bits per heavy atom. The first kappa shape index (κ1) is 12.5. The Morgan fingerprint density at radius 1 is 1.29 bits per heavy atom. The molecule has 1 N–H and O–H groups in total. The maximum atomic E-state index is 12.0. The van der Waals surface area contributed by atoms with Crippen molar-refractivity contribution in [1.82, 2.24) is 5.32 Å². The van der Waals surface area contributed by atoms with Gasteiger partial charge in [-0.3, -0.25) is 9.59 Å². The molecule has 1 aromatic carbocycles. The van der Waals surface area contributed by atoms with E-state index in [-0.39, 0.29) is 15.8 Å². The van der Waals surface area contributed by atoms with E-state index in [1.165, 1.54) is 21.6 Å². The van der Waals surface area contributed by atoms with E-state index in [9.17, 15) is 9.59 Å². The smallest absolute Gasteiger partial charge is 0.251 e. The van der Waals surface area contributed by atoms with E-state index < -0.39 is 6.04 Å². The van der Waals surface area contributed by atoms with Crippen LogP contribution in [0, 0.1) is 0 Å². The highest BCUT2D eigenvalue weighted by atomic mass is 33.1. The Kier molecular flexibility index (Phi) is 3.49. The van der Waals surface area contributed by atoms with E-state index >= 15 is 0 Å². The number of rotatable bonds is 2. The van der Waals surface area contributed by atoms with Gasteiger partial charge < -0.3 is 5.32 Å². The summed E-state index contributed by atoms with van der Waals surface area (Å²) in [6, 6.07) is 8.52. The van der Waals surface area contributed by atoms with Crippen LogP contribution in [0.2, 0.25) is 0 Å². The molecule has 1 heterocycles. The molecule has 1 atom stereocenters. The molecular formula is C12H13NO2S2. The molecule has 1 aliphatic rings. The first-order valence-electron chi connectivity index (χ1n) is 5.26. The maximum Gasteiger partial charge on any atom is 0.251 e. The quantitative estimate of drug-likeness (QED) is 0.836. The predicted octanol–water partition coefficient (Wildman–Crippen LogP) is 2.49. The van der Waals surface area contributed by atoms with Gasteiger partial charge in [-0.15, -0.1) is 0 Å². The Balaban J connectivity index is 2.12. The fourth-order valence-corrected chi connectivity index (χ4v) is 4.12. The van der Waals surface area contributed by atoms with Crippen LogP contribution in [0.3, 0.4) is 0 Å². The summed E-state index contributed by atoms with van der Waals surface area (Å²) < 4.78 is -0.258. The Hall–Kier alpha value is -0.940. The number of carbonyl (C=O) groups is 2. The summed E-state index contributed by atoms with van der Waals surface area (Å²) >= 11 is 0. The van der Waals surface area contributed by atoms with Crippen LogP contribution in [0.5, 0.6) is 0 Å². The molecule has 5 heteroatoms. The zero-order valence-corrected chi connectivity index (χ0v) is 11.2. The van der Waals surface area contributed by atoms with Gasteiger partial charge in [-0.05, 0) is 36.8 Å². The molecule has 0 radical (unpaired) electrons. The zero-order chi connectivity index (χ0) is 12.5. The van der Waals surface area contributed by atoms with Gasteiger partial charge in [0.2, 0.25) is 5.12 Å². The summed E-state index contributed by atoms with van der Waals surface area (Å²) in [5.41, 5.74) is 0.581. The number of carbonyl (C=O) groups excluding carboxylic acids is 2. The SMILES string of the molecule is CC1(C)SSC(=O)C1NC(=O)c1ccccc1. The first-order valence-corrected chi connectivity index (χ1v) is 7.41. The summed E-state index contributed by atoms with van der Waals surface area (Å²) in [5, 5.41) is 2.82. The van der Waals surface area contributed by atoms with Gasteiger partial charge in [0.05, 0.1) is 0 Å². The summed E-state index contributed by atoms with van der Waals surface area (Å²) in [6.07, 6.45) is 0.